The molecular weight excluding hydrogens is 222 g/mol. The number of anilines is 1. The maximum atomic E-state index is 4.65. The molecule has 2 rings (SSSR count). The van der Waals surface area contributed by atoms with Gasteiger partial charge in [-0.3, -0.25) is 0 Å². The molecule has 0 radical (unpaired) electrons. The summed E-state index contributed by atoms with van der Waals surface area (Å²) in [5.41, 5.74) is 1.35. The fourth-order valence-corrected chi connectivity index (χ4v) is 2.91. The number of nitrogens with zero attached hydrogens (tertiary/aromatic N) is 2. The molecule has 0 atom stereocenters. The third-order valence-electron chi connectivity index (χ3n) is 3.83. The molecule has 102 valence electrons. The number of aromatic nitrogens is 2. The van der Waals surface area contributed by atoms with Crippen LogP contribution in [0.15, 0.2) is 6.20 Å². The summed E-state index contributed by atoms with van der Waals surface area (Å²) in [6.45, 7) is 9.96. The van der Waals surface area contributed by atoms with E-state index in [1.807, 2.05) is 0 Å². The molecule has 1 heterocycles. The highest BCUT2D eigenvalue weighted by Crippen LogP contribution is 2.31. The zero-order valence-corrected chi connectivity index (χ0v) is 12.3. The number of hydrogen-bond donors (Lipinski definition) is 1. The molecule has 0 amide bonds. The van der Waals surface area contributed by atoms with Crippen LogP contribution in [0.25, 0.3) is 0 Å². The van der Waals surface area contributed by atoms with E-state index in [0.717, 1.165) is 18.2 Å². The minimum Gasteiger partial charge on any atom is -0.350 e. The molecule has 1 N–H and O–H groups in total. The first-order valence-corrected chi connectivity index (χ1v) is 7.30. The number of nitrogens with one attached hydrogen (secondary N) is 1. The van der Waals surface area contributed by atoms with Crippen molar-refractivity contribution < 1.29 is 0 Å². The van der Waals surface area contributed by atoms with Crippen molar-refractivity contribution in [3.8, 4) is 0 Å². The van der Waals surface area contributed by atoms with Crippen LogP contribution in [-0.2, 0) is 6.54 Å². The van der Waals surface area contributed by atoms with Gasteiger partial charge in [-0.15, -0.1) is 0 Å². The van der Waals surface area contributed by atoms with Crippen LogP contribution in [0, 0.1) is 12.8 Å². The molecule has 1 aliphatic rings. The third kappa shape index (κ3) is 3.27. The summed E-state index contributed by atoms with van der Waals surface area (Å²) < 4.78 is 2.28. The van der Waals surface area contributed by atoms with Crippen LogP contribution in [0.4, 0.5) is 5.95 Å². The molecule has 1 aromatic heterocycles. The third-order valence-corrected chi connectivity index (χ3v) is 3.83. The van der Waals surface area contributed by atoms with Crippen molar-refractivity contribution in [2.75, 3.05) is 5.32 Å². The largest absolute Gasteiger partial charge is 0.350 e. The molecule has 1 aromatic rings. The molecular formula is C15H27N3. The molecule has 0 spiro atoms. The van der Waals surface area contributed by atoms with Crippen molar-refractivity contribution in [2.45, 2.75) is 71.9 Å². The van der Waals surface area contributed by atoms with E-state index in [0.29, 0.717) is 5.92 Å². The summed E-state index contributed by atoms with van der Waals surface area (Å²) in [5, 5.41) is 3.70. The smallest absolute Gasteiger partial charge is 0.203 e. The normalized spacial score (nSPS) is 19.2. The van der Waals surface area contributed by atoms with E-state index in [-0.39, 0.29) is 5.54 Å². The lowest BCUT2D eigenvalue weighted by Gasteiger charge is -2.35. The molecule has 3 heteroatoms. The van der Waals surface area contributed by atoms with Crippen molar-refractivity contribution in [2.24, 2.45) is 5.92 Å². The first kappa shape index (κ1) is 13.4. The topological polar surface area (TPSA) is 29.9 Å². The Bertz CT molecular complexity index is 386. The highest BCUT2D eigenvalue weighted by molar-refractivity contribution is 5.33. The standard InChI is InChI=1S/C15H27N3/c1-12(2)10-18-11-13(3)16-14(18)17-15(4)8-6-5-7-9-15/h11-12H,5-10H2,1-4H3,(H,16,17). The predicted octanol–water partition coefficient (Wildman–Crippen LogP) is 3.98. The molecule has 1 saturated carbocycles. The van der Waals surface area contributed by atoms with E-state index in [2.05, 4.69) is 48.8 Å². The van der Waals surface area contributed by atoms with Crippen LogP contribution >= 0.6 is 0 Å². The molecule has 1 fully saturated rings. The number of aryl methyl sites for hydroxylation is 1. The molecule has 0 saturated heterocycles. The van der Waals surface area contributed by atoms with Crippen LogP contribution in [0.1, 0.15) is 58.6 Å². The van der Waals surface area contributed by atoms with Gasteiger partial charge in [0.2, 0.25) is 5.95 Å². The molecule has 1 aliphatic carbocycles. The first-order chi connectivity index (χ1) is 8.48. The summed E-state index contributed by atoms with van der Waals surface area (Å²) in [4.78, 5) is 4.65. The fraction of sp³-hybridized carbons (Fsp3) is 0.800. The lowest BCUT2D eigenvalue weighted by molar-refractivity contribution is 0.345. The predicted molar refractivity (Wildman–Crippen MR) is 76.9 cm³/mol. The van der Waals surface area contributed by atoms with Gasteiger partial charge in [0.15, 0.2) is 0 Å². The molecule has 3 nitrogen and oxygen atoms in total. The van der Waals surface area contributed by atoms with Crippen LogP contribution in [-0.4, -0.2) is 15.1 Å². The average Bonchev–Trinajstić information content (AvgIpc) is 2.58. The zero-order valence-electron chi connectivity index (χ0n) is 12.3. The highest BCUT2D eigenvalue weighted by Gasteiger charge is 2.27. The van der Waals surface area contributed by atoms with Gasteiger partial charge in [-0.2, -0.15) is 0 Å². The van der Waals surface area contributed by atoms with Gasteiger partial charge in [-0.05, 0) is 32.6 Å². The van der Waals surface area contributed by atoms with E-state index >= 15 is 0 Å². The zero-order chi connectivity index (χ0) is 13.2. The summed E-state index contributed by atoms with van der Waals surface area (Å²) in [5.74, 6) is 1.71. The maximum absolute atomic E-state index is 4.65. The van der Waals surface area contributed by atoms with Gasteiger partial charge >= 0.3 is 0 Å². The Balaban J connectivity index is 2.12. The van der Waals surface area contributed by atoms with Crippen molar-refractivity contribution in [1.29, 1.82) is 0 Å². The second-order valence-corrected chi connectivity index (χ2v) is 6.50. The van der Waals surface area contributed by atoms with Crippen LogP contribution < -0.4 is 5.32 Å². The second kappa shape index (κ2) is 5.33. The SMILES string of the molecule is Cc1cn(CC(C)C)c(NC2(C)CCCCC2)n1. The lowest BCUT2D eigenvalue weighted by Crippen LogP contribution is -2.38. The first-order valence-electron chi connectivity index (χ1n) is 7.30. The van der Waals surface area contributed by atoms with Gasteiger partial charge in [0, 0.05) is 18.3 Å². The molecule has 0 aliphatic heterocycles. The summed E-state index contributed by atoms with van der Waals surface area (Å²) in [7, 11) is 0. The number of hydrogen-bond acceptors (Lipinski definition) is 2. The van der Waals surface area contributed by atoms with Crippen LogP contribution in [0.5, 0.6) is 0 Å². The molecule has 0 unspecified atom stereocenters. The van der Waals surface area contributed by atoms with Gasteiger partial charge < -0.3 is 9.88 Å². The second-order valence-electron chi connectivity index (χ2n) is 6.50. The van der Waals surface area contributed by atoms with E-state index in [1.165, 1.54) is 32.1 Å². The Labute approximate surface area is 111 Å². The van der Waals surface area contributed by atoms with E-state index < -0.39 is 0 Å². The molecule has 0 aromatic carbocycles. The number of imidazole rings is 1. The average molecular weight is 249 g/mol. The van der Waals surface area contributed by atoms with Crippen molar-refractivity contribution >= 4 is 5.95 Å². The van der Waals surface area contributed by atoms with Gasteiger partial charge in [0.25, 0.3) is 0 Å². The fourth-order valence-electron chi connectivity index (χ4n) is 2.91. The van der Waals surface area contributed by atoms with Gasteiger partial charge in [-0.1, -0.05) is 33.1 Å². The van der Waals surface area contributed by atoms with Gasteiger partial charge in [-0.25, -0.2) is 4.98 Å². The maximum Gasteiger partial charge on any atom is 0.203 e. The molecule has 18 heavy (non-hydrogen) atoms. The minimum absolute atomic E-state index is 0.241. The number of rotatable bonds is 4. The Kier molecular flexibility index (Phi) is 3.98. The monoisotopic (exact) mass is 249 g/mol. The molecule has 0 bridgehead atoms. The van der Waals surface area contributed by atoms with Crippen LogP contribution in [0.3, 0.4) is 0 Å². The summed E-state index contributed by atoms with van der Waals surface area (Å²) in [6, 6.07) is 0. The Morgan fingerprint density at radius 2 is 2.00 bits per heavy atom. The Morgan fingerprint density at radius 3 is 2.61 bits per heavy atom. The summed E-state index contributed by atoms with van der Waals surface area (Å²) in [6.07, 6.45) is 8.76. The van der Waals surface area contributed by atoms with E-state index in [4.69, 9.17) is 0 Å². The summed E-state index contributed by atoms with van der Waals surface area (Å²) >= 11 is 0. The Hall–Kier alpha value is -0.990. The van der Waals surface area contributed by atoms with E-state index in [9.17, 15) is 0 Å². The highest BCUT2D eigenvalue weighted by atomic mass is 15.2. The van der Waals surface area contributed by atoms with Crippen molar-refractivity contribution in [3.05, 3.63) is 11.9 Å². The van der Waals surface area contributed by atoms with Gasteiger partial charge in [0.1, 0.15) is 0 Å². The van der Waals surface area contributed by atoms with Gasteiger partial charge in [0.05, 0.1) is 5.69 Å². The Morgan fingerprint density at radius 1 is 1.33 bits per heavy atom. The van der Waals surface area contributed by atoms with Crippen LogP contribution in [0.2, 0.25) is 0 Å². The minimum atomic E-state index is 0.241. The van der Waals surface area contributed by atoms with E-state index in [1.54, 1.807) is 0 Å². The van der Waals surface area contributed by atoms with Crippen molar-refractivity contribution in [3.63, 3.8) is 0 Å². The lowest BCUT2D eigenvalue weighted by atomic mass is 9.83. The quantitative estimate of drug-likeness (QED) is 0.874. The van der Waals surface area contributed by atoms with Crippen molar-refractivity contribution in [1.82, 2.24) is 9.55 Å².